The second kappa shape index (κ2) is 6.83. The molecule has 0 aromatic heterocycles. The van der Waals surface area contributed by atoms with Crippen LogP contribution in [0.4, 0.5) is 0 Å². The molecular weight excluding hydrogens is 266 g/mol. The smallest absolute Gasteiger partial charge is 0.251 e. The molecule has 2 rings (SSSR count). The van der Waals surface area contributed by atoms with E-state index in [0.717, 1.165) is 19.6 Å². The summed E-state index contributed by atoms with van der Waals surface area (Å²) in [5.74, 6) is -0.155. The van der Waals surface area contributed by atoms with Gasteiger partial charge in [-0.1, -0.05) is 12.1 Å². The number of carbonyl (C=O) groups excluding carboxylic acids is 2. The minimum atomic E-state index is -0.125. The number of likely N-dealkylation sites (N-methyl/N-ethyl adjacent to an activating group) is 2. The zero-order chi connectivity index (χ0) is 15.4. The topological polar surface area (TPSA) is 52.7 Å². The van der Waals surface area contributed by atoms with E-state index in [0.29, 0.717) is 23.7 Å². The van der Waals surface area contributed by atoms with Crippen LogP contribution in [0.25, 0.3) is 0 Å². The summed E-state index contributed by atoms with van der Waals surface area (Å²) < 4.78 is 0. The first-order valence-electron chi connectivity index (χ1n) is 7.25. The molecule has 0 spiro atoms. The minimum absolute atomic E-state index is 0.0294. The van der Waals surface area contributed by atoms with Crippen molar-refractivity contribution in [2.75, 3.05) is 40.3 Å². The van der Waals surface area contributed by atoms with Crippen LogP contribution in [0.3, 0.4) is 0 Å². The van der Waals surface area contributed by atoms with Gasteiger partial charge >= 0.3 is 0 Å². The Hall–Kier alpha value is -1.72. The Bertz CT molecular complexity index is 530. The molecule has 0 radical (unpaired) electrons. The van der Waals surface area contributed by atoms with E-state index < -0.39 is 0 Å². The van der Waals surface area contributed by atoms with E-state index in [-0.39, 0.29) is 11.7 Å². The first-order valence-corrected chi connectivity index (χ1v) is 7.25. The predicted octanol–water partition coefficient (Wildman–Crippen LogP) is 0.865. The monoisotopic (exact) mass is 289 g/mol. The summed E-state index contributed by atoms with van der Waals surface area (Å²) in [6.07, 6.45) is 0. The van der Waals surface area contributed by atoms with Crippen molar-refractivity contribution >= 4 is 11.7 Å². The van der Waals surface area contributed by atoms with Crippen LogP contribution >= 0.6 is 0 Å². The Morgan fingerprint density at radius 3 is 2.67 bits per heavy atom. The van der Waals surface area contributed by atoms with E-state index in [1.54, 1.807) is 24.3 Å². The molecule has 1 aliphatic rings. The molecule has 5 heteroatoms. The van der Waals surface area contributed by atoms with Crippen molar-refractivity contribution in [3.05, 3.63) is 35.4 Å². The summed E-state index contributed by atoms with van der Waals surface area (Å²) in [6.45, 7) is 5.14. The van der Waals surface area contributed by atoms with E-state index in [4.69, 9.17) is 0 Å². The highest BCUT2D eigenvalue weighted by Gasteiger charge is 2.22. The zero-order valence-corrected chi connectivity index (χ0v) is 12.9. The van der Waals surface area contributed by atoms with E-state index in [2.05, 4.69) is 29.2 Å². The second-order valence-corrected chi connectivity index (χ2v) is 5.74. The molecule has 1 aromatic rings. The number of benzene rings is 1. The fourth-order valence-electron chi connectivity index (χ4n) is 2.51. The molecule has 0 unspecified atom stereocenters. The molecule has 1 atom stereocenters. The van der Waals surface area contributed by atoms with Gasteiger partial charge < -0.3 is 10.2 Å². The number of hydrogen-bond acceptors (Lipinski definition) is 4. The minimum Gasteiger partial charge on any atom is -0.350 e. The maximum absolute atomic E-state index is 12.2. The lowest BCUT2D eigenvalue weighted by Crippen LogP contribution is -2.54. The van der Waals surface area contributed by atoms with Gasteiger partial charge in [-0.3, -0.25) is 14.5 Å². The maximum atomic E-state index is 12.2. The van der Waals surface area contributed by atoms with Crippen LogP contribution in [0.1, 0.15) is 27.6 Å². The van der Waals surface area contributed by atoms with Gasteiger partial charge in [0.25, 0.3) is 5.91 Å². The van der Waals surface area contributed by atoms with Gasteiger partial charge in [-0.05, 0) is 33.2 Å². The van der Waals surface area contributed by atoms with Crippen molar-refractivity contribution in [3.63, 3.8) is 0 Å². The van der Waals surface area contributed by atoms with Crippen LogP contribution in [-0.4, -0.2) is 67.8 Å². The van der Waals surface area contributed by atoms with Gasteiger partial charge in [0.2, 0.25) is 0 Å². The predicted molar refractivity (Wildman–Crippen MR) is 82.7 cm³/mol. The largest absolute Gasteiger partial charge is 0.350 e. The van der Waals surface area contributed by atoms with E-state index >= 15 is 0 Å². The van der Waals surface area contributed by atoms with Gasteiger partial charge in [-0.25, -0.2) is 0 Å². The molecule has 0 saturated carbocycles. The summed E-state index contributed by atoms with van der Waals surface area (Å²) in [5.41, 5.74) is 1.10. The third-order valence-electron chi connectivity index (χ3n) is 4.01. The number of nitrogens with zero attached hydrogens (tertiary/aromatic N) is 2. The molecule has 1 heterocycles. The Kier molecular flexibility index (Phi) is 5.09. The average molecular weight is 289 g/mol. The van der Waals surface area contributed by atoms with Gasteiger partial charge in [0.1, 0.15) is 0 Å². The van der Waals surface area contributed by atoms with Crippen molar-refractivity contribution in [3.8, 4) is 0 Å². The Balaban J connectivity index is 1.95. The zero-order valence-electron chi connectivity index (χ0n) is 12.9. The molecule has 114 valence electrons. The fourth-order valence-corrected chi connectivity index (χ4v) is 2.51. The van der Waals surface area contributed by atoms with E-state index in [1.165, 1.54) is 6.92 Å². The normalized spacial score (nSPS) is 20.2. The summed E-state index contributed by atoms with van der Waals surface area (Å²) in [5, 5.41) is 2.97. The van der Waals surface area contributed by atoms with Gasteiger partial charge in [0, 0.05) is 43.3 Å². The molecule has 1 aliphatic heterocycles. The fraction of sp³-hybridized carbons (Fsp3) is 0.500. The summed E-state index contributed by atoms with van der Waals surface area (Å²) in [4.78, 5) is 28.1. The number of ketones is 1. The van der Waals surface area contributed by atoms with Crippen molar-refractivity contribution in [1.29, 1.82) is 0 Å². The highest BCUT2D eigenvalue weighted by Crippen LogP contribution is 2.08. The Morgan fingerprint density at radius 1 is 1.24 bits per heavy atom. The van der Waals surface area contributed by atoms with Gasteiger partial charge in [-0.2, -0.15) is 0 Å². The summed E-state index contributed by atoms with van der Waals surface area (Å²) in [7, 11) is 4.18. The number of rotatable bonds is 4. The summed E-state index contributed by atoms with van der Waals surface area (Å²) in [6, 6.07) is 7.17. The van der Waals surface area contributed by atoms with E-state index in [1.807, 2.05) is 0 Å². The number of carbonyl (C=O) groups is 2. The molecule has 1 aromatic carbocycles. The molecule has 21 heavy (non-hydrogen) atoms. The number of piperazine rings is 1. The highest BCUT2D eigenvalue weighted by atomic mass is 16.1. The van der Waals surface area contributed by atoms with Crippen molar-refractivity contribution in [1.82, 2.24) is 15.1 Å². The van der Waals surface area contributed by atoms with Crippen molar-refractivity contribution < 1.29 is 9.59 Å². The molecule has 1 N–H and O–H groups in total. The number of amides is 1. The van der Waals surface area contributed by atoms with Crippen LogP contribution < -0.4 is 5.32 Å². The standard InChI is InChI=1S/C16H23N3O2/c1-12(20)13-5-4-6-14(9-13)16(21)17-10-15-11-18(2)7-8-19(15)3/h4-6,9,15H,7-8,10-11H2,1-3H3,(H,17,21)/t15-/m0/s1. The first kappa shape index (κ1) is 15.7. The van der Waals surface area contributed by atoms with Crippen molar-refractivity contribution in [2.24, 2.45) is 0 Å². The highest BCUT2D eigenvalue weighted by molar-refractivity contribution is 5.99. The lowest BCUT2D eigenvalue weighted by atomic mass is 10.1. The van der Waals surface area contributed by atoms with Crippen LogP contribution in [0.5, 0.6) is 0 Å². The van der Waals surface area contributed by atoms with E-state index in [9.17, 15) is 9.59 Å². The molecule has 0 aliphatic carbocycles. The molecule has 0 bridgehead atoms. The molecule has 1 amide bonds. The summed E-state index contributed by atoms with van der Waals surface area (Å²) >= 11 is 0. The van der Waals surface area contributed by atoms with Gasteiger partial charge in [0.05, 0.1) is 0 Å². The number of Topliss-reactive ketones (excluding diaryl/α,β-unsaturated/α-hetero) is 1. The first-order chi connectivity index (χ1) is 9.97. The van der Waals surface area contributed by atoms with Crippen molar-refractivity contribution in [2.45, 2.75) is 13.0 Å². The number of nitrogens with one attached hydrogen (secondary N) is 1. The van der Waals surface area contributed by atoms with Crippen LogP contribution in [-0.2, 0) is 0 Å². The lowest BCUT2D eigenvalue weighted by Gasteiger charge is -2.37. The third kappa shape index (κ3) is 4.12. The third-order valence-corrected chi connectivity index (χ3v) is 4.01. The molecule has 1 fully saturated rings. The second-order valence-electron chi connectivity index (χ2n) is 5.74. The van der Waals surface area contributed by atoms with Crippen LogP contribution in [0, 0.1) is 0 Å². The van der Waals surface area contributed by atoms with Crippen LogP contribution in [0.15, 0.2) is 24.3 Å². The van der Waals surface area contributed by atoms with Gasteiger partial charge in [0.15, 0.2) is 5.78 Å². The Morgan fingerprint density at radius 2 is 1.95 bits per heavy atom. The number of hydrogen-bond donors (Lipinski definition) is 1. The quantitative estimate of drug-likeness (QED) is 0.836. The lowest BCUT2D eigenvalue weighted by molar-refractivity contribution is 0.0881. The molecule has 5 nitrogen and oxygen atoms in total. The molecular formula is C16H23N3O2. The maximum Gasteiger partial charge on any atom is 0.251 e. The average Bonchev–Trinajstić information content (AvgIpc) is 2.48. The molecule has 1 saturated heterocycles. The SMILES string of the molecule is CC(=O)c1cccc(C(=O)NC[C@H]2CN(C)CCN2C)c1. The van der Waals surface area contributed by atoms with Gasteiger partial charge in [-0.15, -0.1) is 0 Å². The Labute approximate surface area is 125 Å². The van der Waals surface area contributed by atoms with Crippen LogP contribution in [0.2, 0.25) is 0 Å².